The van der Waals surface area contributed by atoms with Crippen LogP contribution in [0.1, 0.15) is 0 Å². The van der Waals surface area contributed by atoms with Gasteiger partial charge in [0.2, 0.25) is 0 Å². The Balaban J connectivity index is 1.91. The van der Waals surface area contributed by atoms with Crippen LogP contribution in [0.2, 0.25) is 0 Å². The summed E-state index contributed by atoms with van der Waals surface area (Å²) in [5.41, 5.74) is 2.11. The highest BCUT2D eigenvalue weighted by atomic mass is 19.2. The van der Waals surface area contributed by atoms with Gasteiger partial charge in [0.05, 0.1) is 5.52 Å². The molecule has 0 aliphatic heterocycles. The molecule has 3 rings (SSSR count). The summed E-state index contributed by atoms with van der Waals surface area (Å²) in [6.07, 6.45) is 1.43. The molecule has 124 valence electrons. The highest BCUT2D eigenvalue weighted by Gasteiger charge is 2.07. The van der Waals surface area contributed by atoms with Gasteiger partial charge >= 0.3 is 0 Å². The molecule has 0 amide bonds. The first-order valence-corrected chi connectivity index (χ1v) is 7.52. The molecular formula is C17H17F2N5. The highest BCUT2D eigenvalue weighted by Crippen LogP contribution is 2.26. The third kappa shape index (κ3) is 3.57. The van der Waals surface area contributed by atoms with Crippen molar-refractivity contribution in [1.82, 2.24) is 15.3 Å². The van der Waals surface area contributed by atoms with Crippen LogP contribution < -0.4 is 16.0 Å². The van der Waals surface area contributed by atoms with Crippen molar-refractivity contribution in [2.24, 2.45) is 0 Å². The number of hydrogen-bond acceptors (Lipinski definition) is 5. The van der Waals surface area contributed by atoms with E-state index in [1.54, 1.807) is 0 Å². The van der Waals surface area contributed by atoms with E-state index in [1.165, 1.54) is 12.4 Å². The lowest BCUT2D eigenvalue weighted by Gasteiger charge is -2.11. The zero-order chi connectivity index (χ0) is 16.9. The predicted molar refractivity (Wildman–Crippen MR) is 91.6 cm³/mol. The fourth-order valence-electron chi connectivity index (χ4n) is 2.31. The number of nitrogens with one attached hydrogen (secondary N) is 3. The van der Waals surface area contributed by atoms with E-state index >= 15 is 0 Å². The van der Waals surface area contributed by atoms with Gasteiger partial charge in [0.25, 0.3) is 0 Å². The van der Waals surface area contributed by atoms with E-state index in [2.05, 4.69) is 25.9 Å². The summed E-state index contributed by atoms with van der Waals surface area (Å²) in [5.74, 6) is -1.26. The SMILES string of the molecule is CNCCNc1ccc2ncnc(Nc3ccc(F)c(F)c3)c2c1. The quantitative estimate of drug-likeness (QED) is 0.606. The number of hydrogen-bond donors (Lipinski definition) is 3. The highest BCUT2D eigenvalue weighted by molar-refractivity contribution is 5.92. The zero-order valence-electron chi connectivity index (χ0n) is 13.1. The monoisotopic (exact) mass is 329 g/mol. The van der Waals surface area contributed by atoms with Crippen molar-refractivity contribution in [2.45, 2.75) is 0 Å². The number of halogens is 2. The number of benzene rings is 2. The number of aromatic nitrogens is 2. The van der Waals surface area contributed by atoms with Crippen LogP contribution in [0.15, 0.2) is 42.7 Å². The molecule has 0 saturated carbocycles. The van der Waals surface area contributed by atoms with Crippen LogP contribution in [0.5, 0.6) is 0 Å². The Bertz CT molecular complexity index is 854. The summed E-state index contributed by atoms with van der Waals surface area (Å²) in [7, 11) is 1.89. The molecule has 0 saturated heterocycles. The molecule has 0 aliphatic rings. The third-order valence-electron chi connectivity index (χ3n) is 3.52. The van der Waals surface area contributed by atoms with Crippen LogP contribution in [0.3, 0.4) is 0 Å². The Kier molecular flexibility index (Phi) is 4.81. The van der Waals surface area contributed by atoms with E-state index in [1.807, 2.05) is 25.2 Å². The number of fused-ring (bicyclic) bond motifs is 1. The van der Waals surface area contributed by atoms with Gasteiger partial charge in [-0.3, -0.25) is 0 Å². The molecule has 7 heteroatoms. The molecule has 0 aliphatic carbocycles. The molecule has 0 atom stereocenters. The van der Waals surface area contributed by atoms with E-state index in [9.17, 15) is 8.78 Å². The first-order chi connectivity index (χ1) is 11.7. The number of anilines is 3. The summed E-state index contributed by atoms with van der Waals surface area (Å²) < 4.78 is 26.4. The Hall–Kier alpha value is -2.80. The summed E-state index contributed by atoms with van der Waals surface area (Å²) in [6, 6.07) is 9.38. The van der Waals surface area contributed by atoms with Crippen molar-refractivity contribution < 1.29 is 8.78 Å². The van der Waals surface area contributed by atoms with Gasteiger partial charge in [0.1, 0.15) is 12.1 Å². The fraction of sp³-hybridized carbons (Fsp3) is 0.176. The van der Waals surface area contributed by atoms with Gasteiger partial charge in [-0.05, 0) is 37.4 Å². The minimum Gasteiger partial charge on any atom is -0.384 e. The smallest absolute Gasteiger partial charge is 0.160 e. The summed E-state index contributed by atoms with van der Waals surface area (Å²) in [4.78, 5) is 8.44. The predicted octanol–water partition coefficient (Wildman–Crippen LogP) is 3.28. The van der Waals surface area contributed by atoms with Crippen molar-refractivity contribution in [1.29, 1.82) is 0 Å². The molecule has 0 spiro atoms. The summed E-state index contributed by atoms with van der Waals surface area (Å²) >= 11 is 0. The van der Waals surface area contributed by atoms with E-state index in [0.29, 0.717) is 11.5 Å². The normalized spacial score (nSPS) is 10.8. The molecule has 24 heavy (non-hydrogen) atoms. The van der Waals surface area contributed by atoms with E-state index < -0.39 is 11.6 Å². The maximum atomic E-state index is 13.4. The number of rotatable bonds is 6. The lowest BCUT2D eigenvalue weighted by Crippen LogP contribution is -2.17. The van der Waals surface area contributed by atoms with Gasteiger partial charge in [-0.25, -0.2) is 18.7 Å². The van der Waals surface area contributed by atoms with E-state index in [0.717, 1.165) is 41.8 Å². The van der Waals surface area contributed by atoms with Crippen LogP contribution in [-0.2, 0) is 0 Å². The molecule has 3 N–H and O–H groups in total. The molecule has 0 bridgehead atoms. The molecule has 3 aromatic rings. The van der Waals surface area contributed by atoms with Crippen LogP contribution in [-0.4, -0.2) is 30.1 Å². The van der Waals surface area contributed by atoms with E-state index in [4.69, 9.17) is 0 Å². The molecule has 1 heterocycles. The third-order valence-corrected chi connectivity index (χ3v) is 3.52. The summed E-state index contributed by atoms with van der Waals surface area (Å²) in [6.45, 7) is 1.62. The molecule has 0 unspecified atom stereocenters. The van der Waals surface area contributed by atoms with Crippen LogP contribution in [0.25, 0.3) is 10.9 Å². The maximum absolute atomic E-state index is 13.4. The average molecular weight is 329 g/mol. The standard InChI is InChI=1S/C17H17F2N5/c1-20-6-7-21-11-3-5-16-13(8-11)17(23-10-22-16)24-12-2-4-14(18)15(19)9-12/h2-5,8-10,20-21H,6-7H2,1H3,(H,22,23,24). The minimum atomic E-state index is -0.909. The first-order valence-electron chi connectivity index (χ1n) is 7.52. The van der Waals surface area contributed by atoms with E-state index in [-0.39, 0.29) is 0 Å². The Morgan fingerprint density at radius 1 is 0.917 bits per heavy atom. The largest absolute Gasteiger partial charge is 0.384 e. The molecule has 5 nitrogen and oxygen atoms in total. The van der Waals surface area contributed by atoms with Crippen molar-refractivity contribution in [3.63, 3.8) is 0 Å². The number of nitrogens with zero attached hydrogens (tertiary/aromatic N) is 2. The van der Waals surface area contributed by atoms with Gasteiger partial charge in [-0.1, -0.05) is 0 Å². The van der Waals surface area contributed by atoms with Crippen LogP contribution in [0, 0.1) is 11.6 Å². The maximum Gasteiger partial charge on any atom is 0.160 e. The lowest BCUT2D eigenvalue weighted by molar-refractivity contribution is 0.509. The van der Waals surface area contributed by atoms with Gasteiger partial charge in [-0.15, -0.1) is 0 Å². The Labute approximate surface area is 138 Å². The molecular weight excluding hydrogens is 312 g/mol. The first kappa shape index (κ1) is 16.1. The second-order valence-electron chi connectivity index (χ2n) is 5.24. The fourth-order valence-corrected chi connectivity index (χ4v) is 2.31. The van der Waals surface area contributed by atoms with Gasteiger partial charge < -0.3 is 16.0 Å². The van der Waals surface area contributed by atoms with Crippen molar-refractivity contribution in [2.75, 3.05) is 30.8 Å². The second kappa shape index (κ2) is 7.18. The van der Waals surface area contributed by atoms with Crippen LogP contribution >= 0.6 is 0 Å². The molecule has 1 aromatic heterocycles. The molecule has 0 radical (unpaired) electrons. The molecule has 2 aromatic carbocycles. The topological polar surface area (TPSA) is 61.9 Å². The van der Waals surface area contributed by atoms with Crippen molar-refractivity contribution in [3.8, 4) is 0 Å². The van der Waals surface area contributed by atoms with Crippen molar-refractivity contribution >= 4 is 28.1 Å². The number of likely N-dealkylation sites (N-methyl/N-ethyl adjacent to an activating group) is 1. The lowest BCUT2D eigenvalue weighted by atomic mass is 10.2. The van der Waals surface area contributed by atoms with Gasteiger partial charge in [-0.2, -0.15) is 0 Å². The second-order valence-corrected chi connectivity index (χ2v) is 5.24. The Morgan fingerprint density at radius 3 is 2.54 bits per heavy atom. The van der Waals surface area contributed by atoms with Gasteiger partial charge in [0.15, 0.2) is 11.6 Å². The zero-order valence-corrected chi connectivity index (χ0v) is 13.1. The molecule has 0 fully saturated rings. The average Bonchev–Trinajstić information content (AvgIpc) is 2.59. The summed E-state index contributed by atoms with van der Waals surface area (Å²) in [5, 5.41) is 10.2. The Morgan fingerprint density at radius 2 is 1.75 bits per heavy atom. The van der Waals surface area contributed by atoms with Crippen LogP contribution in [0.4, 0.5) is 26.0 Å². The van der Waals surface area contributed by atoms with Gasteiger partial charge in [0, 0.05) is 35.9 Å². The van der Waals surface area contributed by atoms with Crippen molar-refractivity contribution in [3.05, 3.63) is 54.4 Å². The minimum absolute atomic E-state index is 0.419.